The predicted octanol–water partition coefficient (Wildman–Crippen LogP) is 3.23. The van der Waals surface area contributed by atoms with Gasteiger partial charge < -0.3 is 10.1 Å². The molecule has 6 nitrogen and oxygen atoms in total. The van der Waals surface area contributed by atoms with Crippen LogP contribution in [0.4, 0.5) is 11.4 Å². The van der Waals surface area contributed by atoms with Crippen LogP contribution in [-0.4, -0.2) is 17.4 Å². The van der Waals surface area contributed by atoms with Gasteiger partial charge in [-0.25, -0.2) is 0 Å². The molecule has 2 rings (SSSR count). The smallest absolute Gasteiger partial charge is 0.273 e. The van der Waals surface area contributed by atoms with E-state index in [1.54, 1.807) is 6.07 Å². The van der Waals surface area contributed by atoms with Gasteiger partial charge in [-0.1, -0.05) is 18.2 Å². The van der Waals surface area contributed by atoms with Crippen LogP contribution in [0.2, 0.25) is 0 Å². The molecule has 0 unspecified atom stereocenters. The number of hydrogen-bond acceptors (Lipinski definition) is 4. The van der Waals surface area contributed by atoms with E-state index < -0.39 is 4.92 Å². The van der Waals surface area contributed by atoms with E-state index in [1.807, 2.05) is 32.0 Å². The third-order valence-electron chi connectivity index (χ3n) is 3.28. The lowest BCUT2D eigenvalue weighted by Crippen LogP contribution is -2.20. The highest BCUT2D eigenvalue weighted by Gasteiger charge is 2.09. The zero-order valence-corrected chi connectivity index (χ0v) is 12.3. The molecule has 1 amide bonds. The van der Waals surface area contributed by atoms with Crippen LogP contribution in [0.5, 0.6) is 5.75 Å². The standard InChI is InChI=1S/C16H16N2O4/c1-11-5-3-8-15(12(11)2)17-16(19)10-22-14-7-4-6-13(9-14)18(20)21/h3-9H,10H2,1-2H3,(H,17,19). The molecule has 0 spiro atoms. The van der Waals surface area contributed by atoms with Gasteiger partial charge >= 0.3 is 0 Å². The lowest BCUT2D eigenvalue weighted by molar-refractivity contribution is -0.384. The molecule has 0 fully saturated rings. The zero-order chi connectivity index (χ0) is 16.1. The van der Waals surface area contributed by atoms with Gasteiger partial charge in [0.25, 0.3) is 11.6 Å². The van der Waals surface area contributed by atoms with E-state index in [0.29, 0.717) is 0 Å². The third kappa shape index (κ3) is 3.82. The Labute approximate surface area is 127 Å². The summed E-state index contributed by atoms with van der Waals surface area (Å²) in [5, 5.41) is 13.4. The molecule has 22 heavy (non-hydrogen) atoms. The normalized spacial score (nSPS) is 10.1. The lowest BCUT2D eigenvalue weighted by atomic mass is 10.1. The van der Waals surface area contributed by atoms with Gasteiger partial charge in [0.1, 0.15) is 5.75 Å². The number of rotatable bonds is 5. The van der Waals surface area contributed by atoms with Gasteiger partial charge in [-0.3, -0.25) is 14.9 Å². The average molecular weight is 300 g/mol. The van der Waals surface area contributed by atoms with Crippen molar-refractivity contribution in [1.29, 1.82) is 0 Å². The summed E-state index contributed by atoms with van der Waals surface area (Å²) in [5.41, 5.74) is 2.73. The first-order valence-corrected chi connectivity index (χ1v) is 6.70. The van der Waals surface area contributed by atoms with Crippen molar-refractivity contribution in [3.05, 3.63) is 63.7 Å². The summed E-state index contributed by atoms with van der Waals surface area (Å²) in [4.78, 5) is 22.1. The Morgan fingerprint density at radius 2 is 1.95 bits per heavy atom. The summed E-state index contributed by atoms with van der Waals surface area (Å²) < 4.78 is 5.28. The topological polar surface area (TPSA) is 81.5 Å². The van der Waals surface area contributed by atoms with E-state index in [2.05, 4.69) is 5.32 Å². The van der Waals surface area contributed by atoms with Crippen LogP contribution in [0.25, 0.3) is 0 Å². The second-order valence-electron chi connectivity index (χ2n) is 4.84. The van der Waals surface area contributed by atoms with Crippen molar-refractivity contribution < 1.29 is 14.5 Å². The fraction of sp³-hybridized carbons (Fsp3) is 0.188. The molecular formula is C16H16N2O4. The number of hydrogen-bond donors (Lipinski definition) is 1. The van der Waals surface area contributed by atoms with Crippen LogP contribution in [0.3, 0.4) is 0 Å². The Bertz CT molecular complexity index is 713. The number of carbonyl (C=O) groups excluding carboxylic acids is 1. The number of benzene rings is 2. The van der Waals surface area contributed by atoms with Gasteiger partial charge in [-0.15, -0.1) is 0 Å². The molecule has 0 radical (unpaired) electrons. The van der Waals surface area contributed by atoms with Gasteiger partial charge in [0.05, 0.1) is 11.0 Å². The number of nitrogens with zero attached hydrogens (tertiary/aromatic N) is 1. The summed E-state index contributed by atoms with van der Waals surface area (Å²) in [7, 11) is 0. The number of non-ortho nitro benzene ring substituents is 1. The quantitative estimate of drug-likeness (QED) is 0.679. The zero-order valence-electron chi connectivity index (χ0n) is 12.3. The third-order valence-corrected chi connectivity index (χ3v) is 3.28. The van der Waals surface area contributed by atoms with E-state index >= 15 is 0 Å². The predicted molar refractivity (Wildman–Crippen MR) is 83.1 cm³/mol. The molecule has 0 heterocycles. The van der Waals surface area contributed by atoms with E-state index in [1.165, 1.54) is 18.2 Å². The first-order valence-electron chi connectivity index (χ1n) is 6.70. The van der Waals surface area contributed by atoms with Crippen LogP contribution in [0, 0.1) is 24.0 Å². The van der Waals surface area contributed by atoms with Crippen molar-refractivity contribution in [3.63, 3.8) is 0 Å². The summed E-state index contributed by atoms with van der Waals surface area (Å²) in [6.45, 7) is 3.67. The summed E-state index contributed by atoms with van der Waals surface area (Å²) in [6, 6.07) is 11.4. The van der Waals surface area contributed by atoms with Crippen molar-refractivity contribution in [2.24, 2.45) is 0 Å². The monoisotopic (exact) mass is 300 g/mol. The second kappa shape index (κ2) is 6.71. The molecule has 0 aliphatic rings. The van der Waals surface area contributed by atoms with Crippen LogP contribution >= 0.6 is 0 Å². The number of nitro benzene ring substituents is 1. The van der Waals surface area contributed by atoms with Crippen LogP contribution in [0.1, 0.15) is 11.1 Å². The molecule has 2 aromatic rings. The molecule has 0 aliphatic carbocycles. The fourth-order valence-corrected chi connectivity index (χ4v) is 1.91. The highest BCUT2D eigenvalue weighted by atomic mass is 16.6. The maximum absolute atomic E-state index is 11.9. The van der Waals surface area contributed by atoms with Crippen LogP contribution in [-0.2, 0) is 4.79 Å². The molecule has 0 aromatic heterocycles. The van der Waals surface area contributed by atoms with Gasteiger partial charge in [0, 0.05) is 11.8 Å². The summed E-state index contributed by atoms with van der Waals surface area (Å²) in [5.74, 6) is -0.0366. The number of aryl methyl sites for hydroxylation is 1. The minimum absolute atomic E-state index is 0.0764. The number of anilines is 1. The van der Waals surface area contributed by atoms with Crippen molar-refractivity contribution in [2.45, 2.75) is 13.8 Å². The average Bonchev–Trinajstić information content (AvgIpc) is 2.50. The Morgan fingerprint density at radius 3 is 2.68 bits per heavy atom. The van der Waals surface area contributed by atoms with Crippen LogP contribution in [0.15, 0.2) is 42.5 Å². The number of ether oxygens (including phenoxy) is 1. The lowest BCUT2D eigenvalue weighted by Gasteiger charge is -2.11. The molecule has 0 saturated heterocycles. The van der Waals surface area contributed by atoms with E-state index in [9.17, 15) is 14.9 Å². The molecule has 1 N–H and O–H groups in total. The first-order chi connectivity index (χ1) is 10.5. The SMILES string of the molecule is Cc1cccc(NC(=O)COc2cccc([N+](=O)[O-])c2)c1C. The molecule has 6 heteroatoms. The van der Waals surface area contributed by atoms with Crippen LogP contribution < -0.4 is 10.1 Å². The van der Waals surface area contributed by atoms with Gasteiger partial charge in [-0.05, 0) is 37.1 Å². The van der Waals surface area contributed by atoms with Crippen molar-refractivity contribution in [3.8, 4) is 5.75 Å². The van der Waals surface area contributed by atoms with Gasteiger partial charge in [0.15, 0.2) is 6.61 Å². The minimum atomic E-state index is -0.511. The maximum atomic E-state index is 11.9. The first kappa shape index (κ1) is 15.5. The van der Waals surface area contributed by atoms with E-state index in [0.717, 1.165) is 16.8 Å². The molecule has 0 aliphatic heterocycles. The fourth-order valence-electron chi connectivity index (χ4n) is 1.91. The Hall–Kier alpha value is -2.89. The molecule has 2 aromatic carbocycles. The van der Waals surface area contributed by atoms with Gasteiger partial charge in [0.2, 0.25) is 0 Å². The maximum Gasteiger partial charge on any atom is 0.273 e. The molecular weight excluding hydrogens is 284 g/mol. The van der Waals surface area contributed by atoms with Crippen molar-refractivity contribution in [2.75, 3.05) is 11.9 Å². The van der Waals surface area contributed by atoms with Crippen molar-refractivity contribution in [1.82, 2.24) is 0 Å². The number of carbonyl (C=O) groups is 1. The van der Waals surface area contributed by atoms with E-state index in [4.69, 9.17) is 4.74 Å². The molecule has 0 bridgehead atoms. The number of nitrogens with one attached hydrogen (secondary N) is 1. The summed E-state index contributed by atoms with van der Waals surface area (Å²) >= 11 is 0. The van der Waals surface area contributed by atoms with E-state index in [-0.39, 0.29) is 24.0 Å². The number of nitro groups is 1. The highest BCUT2D eigenvalue weighted by Crippen LogP contribution is 2.20. The second-order valence-corrected chi connectivity index (χ2v) is 4.84. The molecule has 0 atom stereocenters. The largest absolute Gasteiger partial charge is 0.484 e. The number of amides is 1. The Morgan fingerprint density at radius 1 is 1.23 bits per heavy atom. The Kier molecular flexibility index (Phi) is 4.73. The van der Waals surface area contributed by atoms with Gasteiger partial charge in [-0.2, -0.15) is 0 Å². The summed E-state index contributed by atoms with van der Waals surface area (Å²) in [6.07, 6.45) is 0. The molecule has 114 valence electrons. The molecule has 0 saturated carbocycles. The minimum Gasteiger partial charge on any atom is -0.484 e. The Balaban J connectivity index is 1.97. The van der Waals surface area contributed by atoms with Crippen molar-refractivity contribution >= 4 is 17.3 Å². The highest BCUT2D eigenvalue weighted by molar-refractivity contribution is 5.92.